The molecule has 1 heteroatoms. The topological polar surface area (TPSA) is 23.8 Å². The summed E-state index contributed by atoms with van der Waals surface area (Å²) in [4.78, 5) is 0. The lowest BCUT2D eigenvalue weighted by Crippen LogP contribution is -1.47. The molecule has 0 aromatic heterocycles. The standard InChI is InChI=1S/C6H6.C2H3N.CH4/c1-2-4-6-5-3-1;1-2-3;/h1-6H;1H3;1H4. The van der Waals surface area contributed by atoms with Crippen LogP contribution >= 0.6 is 0 Å². The van der Waals surface area contributed by atoms with Gasteiger partial charge in [0.1, 0.15) is 0 Å². The van der Waals surface area contributed by atoms with Crippen molar-refractivity contribution < 1.29 is 0 Å². The van der Waals surface area contributed by atoms with E-state index in [4.69, 9.17) is 5.26 Å². The molecule has 0 aliphatic rings. The minimum atomic E-state index is 0. The molecule has 0 saturated carbocycles. The molecular weight excluding hydrogens is 122 g/mol. The van der Waals surface area contributed by atoms with Gasteiger partial charge in [-0.1, -0.05) is 43.8 Å². The predicted molar refractivity (Wildman–Crippen MR) is 44.5 cm³/mol. The molecule has 1 aromatic rings. The average molecular weight is 135 g/mol. The Morgan fingerprint density at radius 3 is 1.10 bits per heavy atom. The van der Waals surface area contributed by atoms with Crippen molar-refractivity contribution in [2.75, 3.05) is 0 Å². The van der Waals surface area contributed by atoms with Crippen LogP contribution in [0.3, 0.4) is 0 Å². The zero-order valence-electron chi connectivity index (χ0n) is 5.41. The van der Waals surface area contributed by atoms with Crippen LogP contribution in [0.2, 0.25) is 0 Å². The van der Waals surface area contributed by atoms with E-state index in [-0.39, 0.29) is 7.43 Å². The lowest BCUT2D eigenvalue weighted by atomic mass is 10.4. The number of nitriles is 1. The van der Waals surface area contributed by atoms with Gasteiger partial charge in [0.25, 0.3) is 0 Å². The number of nitrogens with zero attached hydrogens (tertiary/aromatic N) is 1. The summed E-state index contributed by atoms with van der Waals surface area (Å²) in [5.74, 6) is 0. The zero-order chi connectivity index (χ0) is 6.95. The number of rotatable bonds is 0. The molecule has 1 rings (SSSR count). The molecule has 0 atom stereocenters. The summed E-state index contributed by atoms with van der Waals surface area (Å²) in [6, 6.07) is 13.8. The molecule has 0 fully saturated rings. The Balaban J connectivity index is 0. The van der Waals surface area contributed by atoms with Gasteiger partial charge >= 0.3 is 0 Å². The molecule has 54 valence electrons. The van der Waals surface area contributed by atoms with Gasteiger partial charge in [-0.05, 0) is 0 Å². The summed E-state index contributed by atoms with van der Waals surface area (Å²) in [6.07, 6.45) is 0. The van der Waals surface area contributed by atoms with Gasteiger partial charge < -0.3 is 0 Å². The zero-order valence-corrected chi connectivity index (χ0v) is 5.41. The van der Waals surface area contributed by atoms with E-state index in [1.54, 1.807) is 6.07 Å². The Kier molecular flexibility index (Phi) is 12.2. The summed E-state index contributed by atoms with van der Waals surface area (Å²) in [5, 5.41) is 7.32. The van der Waals surface area contributed by atoms with Crippen molar-refractivity contribution in [2.45, 2.75) is 14.4 Å². The molecule has 0 aliphatic heterocycles. The van der Waals surface area contributed by atoms with Gasteiger partial charge in [-0.25, -0.2) is 0 Å². The monoisotopic (exact) mass is 135 g/mol. The van der Waals surface area contributed by atoms with Crippen molar-refractivity contribution in [3.63, 3.8) is 0 Å². The first kappa shape index (κ1) is 11.5. The minimum Gasteiger partial charge on any atom is -0.199 e. The fourth-order valence-electron chi connectivity index (χ4n) is 0.385. The molecule has 0 spiro atoms. The molecular formula is C9H13N. The third-order valence-electron chi connectivity index (χ3n) is 0.667. The molecule has 0 aliphatic carbocycles. The highest BCUT2D eigenvalue weighted by Crippen LogP contribution is 1.79. The first-order valence-corrected chi connectivity index (χ1v) is 2.72. The maximum absolute atomic E-state index is 7.32. The van der Waals surface area contributed by atoms with Crippen LogP contribution < -0.4 is 0 Å². The van der Waals surface area contributed by atoms with Gasteiger partial charge in [-0.2, -0.15) is 5.26 Å². The SMILES string of the molecule is C.CC#N.c1ccccc1. The Morgan fingerprint density at radius 1 is 0.900 bits per heavy atom. The van der Waals surface area contributed by atoms with E-state index in [1.165, 1.54) is 6.92 Å². The van der Waals surface area contributed by atoms with Crippen LogP contribution in [-0.4, -0.2) is 0 Å². The van der Waals surface area contributed by atoms with E-state index in [1.807, 2.05) is 36.4 Å². The van der Waals surface area contributed by atoms with Crippen molar-refractivity contribution in [3.8, 4) is 6.07 Å². The van der Waals surface area contributed by atoms with Crippen LogP contribution in [0, 0.1) is 11.3 Å². The van der Waals surface area contributed by atoms with E-state index in [0.29, 0.717) is 0 Å². The highest BCUT2D eigenvalue weighted by Gasteiger charge is 1.57. The van der Waals surface area contributed by atoms with E-state index in [0.717, 1.165) is 0 Å². The molecule has 0 radical (unpaired) electrons. The highest BCUT2D eigenvalue weighted by atomic mass is 14.2. The molecule has 1 aromatic carbocycles. The molecule has 0 heterocycles. The van der Waals surface area contributed by atoms with Crippen LogP contribution in [-0.2, 0) is 0 Å². The summed E-state index contributed by atoms with van der Waals surface area (Å²) in [5.41, 5.74) is 0. The van der Waals surface area contributed by atoms with Crippen molar-refractivity contribution in [2.24, 2.45) is 0 Å². The van der Waals surface area contributed by atoms with Crippen molar-refractivity contribution in [3.05, 3.63) is 36.4 Å². The van der Waals surface area contributed by atoms with Crippen LogP contribution in [0.25, 0.3) is 0 Å². The number of hydrogen-bond donors (Lipinski definition) is 0. The molecule has 0 N–H and O–H groups in total. The second-order valence-electron chi connectivity index (χ2n) is 1.38. The molecule has 0 unspecified atom stereocenters. The fourth-order valence-corrected chi connectivity index (χ4v) is 0.385. The van der Waals surface area contributed by atoms with Gasteiger partial charge in [0, 0.05) is 6.92 Å². The largest absolute Gasteiger partial charge is 0.199 e. The first-order valence-electron chi connectivity index (χ1n) is 2.72. The van der Waals surface area contributed by atoms with E-state index in [2.05, 4.69) is 0 Å². The van der Waals surface area contributed by atoms with Crippen molar-refractivity contribution in [1.82, 2.24) is 0 Å². The Morgan fingerprint density at radius 2 is 1.00 bits per heavy atom. The van der Waals surface area contributed by atoms with Crippen LogP contribution in [0.1, 0.15) is 14.4 Å². The maximum Gasteiger partial charge on any atom is 0.0587 e. The molecule has 0 amide bonds. The second kappa shape index (κ2) is 10.6. The maximum atomic E-state index is 7.32. The van der Waals surface area contributed by atoms with E-state index >= 15 is 0 Å². The quantitative estimate of drug-likeness (QED) is 0.536. The molecule has 1 nitrogen and oxygen atoms in total. The van der Waals surface area contributed by atoms with Gasteiger partial charge in [0.05, 0.1) is 6.07 Å². The molecule has 0 saturated heterocycles. The predicted octanol–water partition coefficient (Wildman–Crippen LogP) is 2.85. The van der Waals surface area contributed by atoms with Gasteiger partial charge in [-0.3, -0.25) is 0 Å². The van der Waals surface area contributed by atoms with Crippen LogP contribution in [0.4, 0.5) is 0 Å². The van der Waals surface area contributed by atoms with Gasteiger partial charge in [-0.15, -0.1) is 0 Å². The Bertz CT molecular complexity index is 135. The van der Waals surface area contributed by atoms with Crippen molar-refractivity contribution >= 4 is 0 Å². The minimum absolute atomic E-state index is 0. The van der Waals surface area contributed by atoms with Crippen LogP contribution in [0.5, 0.6) is 0 Å². The number of hydrogen-bond acceptors (Lipinski definition) is 1. The first-order chi connectivity index (χ1) is 4.41. The average Bonchev–Trinajstić information content (AvgIpc) is 1.93. The van der Waals surface area contributed by atoms with Gasteiger partial charge in [0.15, 0.2) is 0 Å². The fraction of sp³-hybridized carbons (Fsp3) is 0.222. The molecule has 0 bridgehead atoms. The lowest BCUT2D eigenvalue weighted by Gasteiger charge is -1.69. The lowest BCUT2D eigenvalue weighted by molar-refractivity contribution is 1.49. The Hall–Kier alpha value is -1.29. The third kappa shape index (κ3) is 9.86. The summed E-state index contributed by atoms with van der Waals surface area (Å²) < 4.78 is 0. The Labute approximate surface area is 62.9 Å². The van der Waals surface area contributed by atoms with Gasteiger partial charge in [0.2, 0.25) is 0 Å². The van der Waals surface area contributed by atoms with E-state index < -0.39 is 0 Å². The second-order valence-corrected chi connectivity index (χ2v) is 1.38. The normalized spacial score (nSPS) is 5.60. The summed E-state index contributed by atoms with van der Waals surface area (Å²) >= 11 is 0. The molecule has 10 heavy (non-hydrogen) atoms. The third-order valence-corrected chi connectivity index (χ3v) is 0.667. The highest BCUT2D eigenvalue weighted by molar-refractivity contribution is 4.99. The van der Waals surface area contributed by atoms with Crippen LogP contribution in [0.15, 0.2) is 36.4 Å². The van der Waals surface area contributed by atoms with E-state index in [9.17, 15) is 0 Å². The summed E-state index contributed by atoms with van der Waals surface area (Å²) in [7, 11) is 0. The summed E-state index contributed by atoms with van der Waals surface area (Å²) in [6.45, 7) is 1.43. The van der Waals surface area contributed by atoms with Crippen molar-refractivity contribution in [1.29, 1.82) is 5.26 Å². The smallest absolute Gasteiger partial charge is 0.0587 e. The number of benzene rings is 1.